The molecule has 0 saturated heterocycles. The lowest BCUT2D eigenvalue weighted by Crippen LogP contribution is -2.23. The van der Waals surface area contributed by atoms with Crippen LogP contribution in [-0.2, 0) is 6.54 Å². The Kier molecular flexibility index (Phi) is 5.03. The van der Waals surface area contributed by atoms with Gasteiger partial charge in [-0.2, -0.15) is 0 Å². The number of nitrogens with one attached hydrogen (secondary N) is 2. The van der Waals surface area contributed by atoms with E-state index in [1.165, 1.54) is 6.20 Å². The van der Waals surface area contributed by atoms with Gasteiger partial charge in [0.1, 0.15) is 0 Å². The summed E-state index contributed by atoms with van der Waals surface area (Å²) in [6.07, 6.45) is 4.88. The van der Waals surface area contributed by atoms with Crippen LogP contribution in [0.1, 0.15) is 16.1 Å². The van der Waals surface area contributed by atoms with Gasteiger partial charge in [-0.3, -0.25) is 14.8 Å². The molecule has 0 saturated carbocycles. The van der Waals surface area contributed by atoms with E-state index in [0.29, 0.717) is 17.1 Å². The molecule has 3 aromatic rings. The Bertz CT molecular complexity index is 822. The first-order chi connectivity index (χ1) is 11.7. The molecule has 3 rings (SSSR count). The maximum atomic E-state index is 12.2. The van der Waals surface area contributed by atoms with Crippen LogP contribution >= 0.6 is 11.6 Å². The van der Waals surface area contributed by atoms with Gasteiger partial charge in [-0.1, -0.05) is 17.7 Å². The number of amides is 1. The largest absolute Gasteiger partial charge is 0.354 e. The Hall–Kier alpha value is -2.92. The number of aromatic nitrogens is 2. The summed E-state index contributed by atoms with van der Waals surface area (Å²) >= 11 is 5.87. The third kappa shape index (κ3) is 4.30. The summed E-state index contributed by atoms with van der Waals surface area (Å²) in [5, 5.41) is 6.68. The Labute approximate surface area is 144 Å². The fourth-order valence-electron chi connectivity index (χ4n) is 2.11. The minimum absolute atomic E-state index is 0.201. The van der Waals surface area contributed by atoms with Gasteiger partial charge in [-0.15, -0.1) is 0 Å². The van der Waals surface area contributed by atoms with Crippen molar-refractivity contribution in [2.75, 3.05) is 5.32 Å². The first kappa shape index (κ1) is 16.0. The standard InChI is InChI=1S/C18H15ClN4O/c19-14-4-6-15(7-5-14)23-17-9-13(10-20-11-17)18(24)22-12-16-3-1-2-8-21-16/h1-11,23H,12H2,(H,22,24). The van der Waals surface area contributed by atoms with E-state index >= 15 is 0 Å². The smallest absolute Gasteiger partial charge is 0.253 e. The van der Waals surface area contributed by atoms with E-state index in [9.17, 15) is 4.79 Å². The SMILES string of the molecule is O=C(NCc1ccccn1)c1cncc(Nc2ccc(Cl)cc2)c1. The molecule has 0 fully saturated rings. The van der Waals surface area contributed by atoms with Gasteiger partial charge in [-0.25, -0.2) is 0 Å². The van der Waals surface area contributed by atoms with Crippen molar-refractivity contribution in [3.05, 3.63) is 83.4 Å². The predicted octanol–water partition coefficient (Wildman–Crippen LogP) is 3.80. The molecule has 1 aromatic carbocycles. The highest BCUT2D eigenvalue weighted by atomic mass is 35.5. The van der Waals surface area contributed by atoms with Gasteiger partial charge in [0.25, 0.3) is 5.91 Å². The molecule has 0 unspecified atom stereocenters. The van der Waals surface area contributed by atoms with E-state index in [4.69, 9.17) is 11.6 Å². The average Bonchev–Trinajstić information content (AvgIpc) is 2.63. The monoisotopic (exact) mass is 338 g/mol. The summed E-state index contributed by atoms with van der Waals surface area (Å²) in [4.78, 5) is 20.5. The normalized spacial score (nSPS) is 10.2. The van der Waals surface area contributed by atoms with Crippen molar-refractivity contribution in [2.24, 2.45) is 0 Å². The quantitative estimate of drug-likeness (QED) is 0.742. The Balaban J connectivity index is 1.65. The van der Waals surface area contributed by atoms with Crippen LogP contribution in [0, 0.1) is 0 Å². The molecule has 1 amide bonds. The third-order valence-electron chi connectivity index (χ3n) is 3.29. The van der Waals surface area contributed by atoms with Crippen molar-refractivity contribution in [1.29, 1.82) is 0 Å². The number of halogens is 1. The molecule has 2 aromatic heterocycles. The van der Waals surface area contributed by atoms with Crippen molar-refractivity contribution in [3.8, 4) is 0 Å². The van der Waals surface area contributed by atoms with Crippen LogP contribution in [0.4, 0.5) is 11.4 Å². The highest BCUT2D eigenvalue weighted by molar-refractivity contribution is 6.30. The highest BCUT2D eigenvalue weighted by Crippen LogP contribution is 2.19. The van der Waals surface area contributed by atoms with Crippen LogP contribution < -0.4 is 10.6 Å². The molecule has 0 spiro atoms. The summed E-state index contributed by atoms with van der Waals surface area (Å²) in [7, 11) is 0. The van der Waals surface area contributed by atoms with Gasteiger partial charge in [0.2, 0.25) is 0 Å². The minimum atomic E-state index is -0.201. The van der Waals surface area contributed by atoms with Gasteiger partial charge in [0, 0.05) is 23.1 Å². The van der Waals surface area contributed by atoms with Gasteiger partial charge >= 0.3 is 0 Å². The van der Waals surface area contributed by atoms with E-state index in [1.54, 1.807) is 30.6 Å². The number of hydrogen-bond donors (Lipinski definition) is 2. The molecule has 0 bridgehead atoms. The lowest BCUT2D eigenvalue weighted by molar-refractivity contribution is 0.0950. The zero-order chi connectivity index (χ0) is 16.8. The van der Waals surface area contributed by atoms with Gasteiger partial charge in [0.05, 0.1) is 29.7 Å². The van der Waals surface area contributed by atoms with Crippen LogP contribution in [0.25, 0.3) is 0 Å². The highest BCUT2D eigenvalue weighted by Gasteiger charge is 2.07. The van der Waals surface area contributed by atoms with Crippen molar-refractivity contribution in [3.63, 3.8) is 0 Å². The summed E-state index contributed by atoms with van der Waals surface area (Å²) in [6, 6.07) is 14.6. The number of pyridine rings is 2. The summed E-state index contributed by atoms with van der Waals surface area (Å²) in [5.74, 6) is -0.201. The molecule has 24 heavy (non-hydrogen) atoms. The van der Waals surface area contributed by atoms with Gasteiger partial charge in [0.15, 0.2) is 0 Å². The molecule has 6 heteroatoms. The lowest BCUT2D eigenvalue weighted by atomic mass is 10.2. The zero-order valence-corrected chi connectivity index (χ0v) is 13.5. The number of nitrogens with zero attached hydrogens (tertiary/aromatic N) is 2. The second-order valence-corrected chi connectivity index (χ2v) is 5.53. The summed E-state index contributed by atoms with van der Waals surface area (Å²) in [6.45, 7) is 0.370. The number of benzene rings is 1. The van der Waals surface area contributed by atoms with E-state index in [1.807, 2.05) is 30.3 Å². The Morgan fingerprint density at radius 3 is 2.62 bits per heavy atom. The number of carbonyl (C=O) groups is 1. The van der Waals surface area contributed by atoms with Crippen LogP contribution in [0.15, 0.2) is 67.1 Å². The van der Waals surface area contributed by atoms with Crippen LogP contribution in [0.5, 0.6) is 0 Å². The van der Waals surface area contributed by atoms with Crippen molar-refractivity contribution >= 4 is 28.9 Å². The molecular formula is C18H15ClN4O. The number of carbonyl (C=O) groups excluding carboxylic acids is 1. The lowest BCUT2D eigenvalue weighted by Gasteiger charge is -2.08. The molecule has 5 nitrogen and oxygen atoms in total. The molecule has 2 heterocycles. The van der Waals surface area contributed by atoms with Crippen molar-refractivity contribution < 1.29 is 4.79 Å². The second kappa shape index (κ2) is 7.57. The van der Waals surface area contributed by atoms with E-state index in [-0.39, 0.29) is 5.91 Å². The van der Waals surface area contributed by atoms with E-state index in [2.05, 4.69) is 20.6 Å². The topological polar surface area (TPSA) is 66.9 Å². The molecule has 0 aliphatic carbocycles. The number of hydrogen-bond acceptors (Lipinski definition) is 4. The molecule has 0 aliphatic heterocycles. The fourth-order valence-corrected chi connectivity index (χ4v) is 2.23. The predicted molar refractivity (Wildman–Crippen MR) is 94.4 cm³/mol. The van der Waals surface area contributed by atoms with E-state index < -0.39 is 0 Å². The Morgan fingerprint density at radius 1 is 1.04 bits per heavy atom. The molecular weight excluding hydrogens is 324 g/mol. The van der Waals surface area contributed by atoms with E-state index in [0.717, 1.165) is 17.1 Å². The summed E-state index contributed by atoms with van der Waals surface area (Å²) < 4.78 is 0. The molecule has 0 radical (unpaired) electrons. The fraction of sp³-hybridized carbons (Fsp3) is 0.0556. The van der Waals surface area contributed by atoms with Crippen molar-refractivity contribution in [2.45, 2.75) is 6.54 Å². The molecule has 0 atom stereocenters. The summed E-state index contributed by atoms with van der Waals surface area (Å²) in [5.41, 5.74) is 2.87. The van der Waals surface area contributed by atoms with Crippen molar-refractivity contribution in [1.82, 2.24) is 15.3 Å². The van der Waals surface area contributed by atoms with Gasteiger partial charge in [-0.05, 0) is 42.5 Å². The van der Waals surface area contributed by atoms with Crippen LogP contribution in [-0.4, -0.2) is 15.9 Å². The minimum Gasteiger partial charge on any atom is -0.354 e. The number of rotatable bonds is 5. The van der Waals surface area contributed by atoms with Crippen LogP contribution in [0.2, 0.25) is 5.02 Å². The molecule has 0 aliphatic rings. The second-order valence-electron chi connectivity index (χ2n) is 5.10. The van der Waals surface area contributed by atoms with Crippen LogP contribution in [0.3, 0.4) is 0 Å². The molecule has 2 N–H and O–H groups in total. The third-order valence-corrected chi connectivity index (χ3v) is 3.54. The average molecular weight is 339 g/mol. The first-order valence-electron chi connectivity index (χ1n) is 7.36. The maximum Gasteiger partial charge on any atom is 0.253 e. The Morgan fingerprint density at radius 2 is 1.88 bits per heavy atom. The number of anilines is 2. The maximum absolute atomic E-state index is 12.2. The zero-order valence-electron chi connectivity index (χ0n) is 12.7. The first-order valence-corrected chi connectivity index (χ1v) is 7.74. The molecule has 120 valence electrons. The van der Waals surface area contributed by atoms with Gasteiger partial charge < -0.3 is 10.6 Å².